The Morgan fingerprint density at radius 3 is 2.54 bits per heavy atom. The standard InChI is InChI=1S/C20H22N6O2/c1-24-20(28)26(16-6-3-2-4-7-16)18(23-24)14-15-9-12-25(13-10-15)19(27)17-8-5-11-21-22-17/h2-8,11,15H,9-10,12-14H2,1H3. The molecule has 0 unspecified atom stereocenters. The lowest BCUT2D eigenvalue weighted by atomic mass is 9.93. The maximum absolute atomic E-state index is 12.5. The summed E-state index contributed by atoms with van der Waals surface area (Å²) in [6.07, 6.45) is 4.00. The van der Waals surface area contributed by atoms with E-state index in [1.54, 1.807) is 29.9 Å². The number of aryl methyl sites for hydroxylation is 1. The summed E-state index contributed by atoms with van der Waals surface area (Å²) in [5.74, 6) is 1.05. The summed E-state index contributed by atoms with van der Waals surface area (Å²) < 4.78 is 3.06. The normalized spacial score (nSPS) is 15.0. The Kier molecular flexibility index (Phi) is 5.01. The number of hydrogen-bond acceptors (Lipinski definition) is 5. The molecule has 1 aliphatic rings. The van der Waals surface area contributed by atoms with Gasteiger partial charge in [0.05, 0.1) is 5.69 Å². The molecule has 0 radical (unpaired) electrons. The van der Waals surface area contributed by atoms with Crippen LogP contribution in [0.4, 0.5) is 0 Å². The maximum atomic E-state index is 12.5. The van der Waals surface area contributed by atoms with Gasteiger partial charge in [0.1, 0.15) is 5.82 Å². The van der Waals surface area contributed by atoms with E-state index in [0.717, 1.165) is 24.4 Å². The van der Waals surface area contributed by atoms with Crippen molar-refractivity contribution in [2.24, 2.45) is 13.0 Å². The summed E-state index contributed by atoms with van der Waals surface area (Å²) in [6.45, 7) is 1.34. The Morgan fingerprint density at radius 1 is 1.11 bits per heavy atom. The van der Waals surface area contributed by atoms with Crippen LogP contribution in [0.15, 0.2) is 53.5 Å². The van der Waals surface area contributed by atoms with E-state index in [4.69, 9.17) is 0 Å². The fourth-order valence-electron chi connectivity index (χ4n) is 3.66. The van der Waals surface area contributed by atoms with Crippen LogP contribution < -0.4 is 5.69 Å². The van der Waals surface area contributed by atoms with Crippen LogP contribution in [0.25, 0.3) is 5.69 Å². The second-order valence-electron chi connectivity index (χ2n) is 7.04. The minimum absolute atomic E-state index is 0.0782. The lowest BCUT2D eigenvalue weighted by Gasteiger charge is -2.31. The number of nitrogens with zero attached hydrogens (tertiary/aromatic N) is 6. The maximum Gasteiger partial charge on any atom is 0.350 e. The smallest absolute Gasteiger partial charge is 0.337 e. The molecular weight excluding hydrogens is 356 g/mol. The first kappa shape index (κ1) is 18.1. The molecule has 8 nitrogen and oxygen atoms in total. The molecule has 2 aromatic heterocycles. The van der Waals surface area contributed by atoms with Crippen molar-refractivity contribution in [3.8, 4) is 5.69 Å². The molecule has 3 aromatic rings. The third-order valence-electron chi connectivity index (χ3n) is 5.17. The predicted octanol–water partition coefficient (Wildman–Crippen LogP) is 1.46. The zero-order valence-corrected chi connectivity index (χ0v) is 15.7. The number of amides is 1. The summed E-state index contributed by atoms with van der Waals surface area (Å²) in [4.78, 5) is 26.9. The van der Waals surface area contributed by atoms with E-state index in [9.17, 15) is 9.59 Å². The highest BCUT2D eigenvalue weighted by atomic mass is 16.2. The highest BCUT2D eigenvalue weighted by Crippen LogP contribution is 2.22. The number of rotatable bonds is 4. The number of piperidine rings is 1. The van der Waals surface area contributed by atoms with Crippen molar-refractivity contribution in [3.05, 3.63) is 70.7 Å². The van der Waals surface area contributed by atoms with Crippen molar-refractivity contribution in [2.75, 3.05) is 13.1 Å². The van der Waals surface area contributed by atoms with Crippen LogP contribution in [-0.4, -0.2) is 48.4 Å². The van der Waals surface area contributed by atoms with Crippen molar-refractivity contribution in [3.63, 3.8) is 0 Å². The molecule has 1 aliphatic heterocycles. The molecule has 0 aliphatic carbocycles. The van der Waals surface area contributed by atoms with Crippen LogP contribution in [0.2, 0.25) is 0 Å². The number of para-hydroxylation sites is 1. The fourth-order valence-corrected chi connectivity index (χ4v) is 3.66. The first-order valence-electron chi connectivity index (χ1n) is 9.41. The largest absolute Gasteiger partial charge is 0.350 e. The number of benzene rings is 1. The third-order valence-corrected chi connectivity index (χ3v) is 5.17. The zero-order valence-electron chi connectivity index (χ0n) is 15.7. The highest BCUT2D eigenvalue weighted by molar-refractivity contribution is 5.92. The Balaban J connectivity index is 1.45. The van der Waals surface area contributed by atoms with Crippen LogP contribution in [0, 0.1) is 5.92 Å². The summed E-state index contributed by atoms with van der Waals surface area (Å²) in [5.41, 5.74) is 1.06. The highest BCUT2D eigenvalue weighted by Gasteiger charge is 2.26. The average Bonchev–Trinajstić information content (AvgIpc) is 3.02. The van der Waals surface area contributed by atoms with Gasteiger partial charge < -0.3 is 4.90 Å². The fraction of sp³-hybridized carbons (Fsp3) is 0.350. The van der Waals surface area contributed by atoms with E-state index >= 15 is 0 Å². The molecule has 0 atom stereocenters. The van der Waals surface area contributed by atoms with Crippen LogP contribution in [0.3, 0.4) is 0 Å². The Bertz CT molecular complexity index is 1000. The first-order valence-corrected chi connectivity index (χ1v) is 9.41. The molecule has 1 saturated heterocycles. The molecule has 4 rings (SSSR count). The van der Waals surface area contributed by atoms with Gasteiger partial charge in [-0.1, -0.05) is 18.2 Å². The molecule has 1 amide bonds. The number of aromatic nitrogens is 5. The molecule has 1 fully saturated rings. The van der Waals surface area contributed by atoms with Gasteiger partial charge in [0.2, 0.25) is 0 Å². The van der Waals surface area contributed by atoms with Crippen molar-refractivity contribution in [1.82, 2.24) is 29.4 Å². The van der Waals surface area contributed by atoms with Gasteiger partial charge in [0.25, 0.3) is 5.91 Å². The van der Waals surface area contributed by atoms with E-state index < -0.39 is 0 Å². The van der Waals surface area contributed by atoms with E-state index in [1.165, 1.54) is 4.68 Å². The molecule has 0 bridgehead atoms. The molecule has 8 heteroatoms. The Hall–Kier alpha value is -3.29. The SMILES string of the molecule is Cn1nc(CC2CCN(C(=O)c3cccnn3)CC2)n(-c2ccccc2)c1=O. The van der Waals surface area contributed by atoms with Crippen molar-refractivity contribution in [2.45, 2.75) is 19.3 Å². The van der Waals surface area contributed by atoms with Gasteiger partial charge in [-0.25, -0.2) is 14.0 Å². The van der Waals surface area contributed by atoms with Crippen molar-refractivity contribution in [1.29, 1.82) is 0 Å². The summed E-state index contributed by atoms with van der Waals surface area (Å²) >= 11 is 0. The minimum atomic E-state index is -0.142. The van der Waals surface area contributed by atoms with Gasteiger partial charge in [-0.15, -0.1) is 5.10 Å². The van der Waals surface area contributed by atoms with Crippen LogP contribution >= 0.6 is 0 Å². The quantitative estimate of drug-likeness (QED) is 0.686. The Morgan fingerprint density at radius 2 is 1.86 bits per heavy atom. The van der Waals surface area contributed by atoms with E-state index in [1.807, 2.05) is 35.2 Å². The van der Waals surface area contributed by atoms with Gasteiger partial charge in [-0.3, -0.25) is 4.79 Å². The van der Waals surface area contributed by atoms with Gasteiger partial charge in [0, 0.05) is 32.8 Å². The van der Waals surface area contributed by atoms with Gasteiger partial charge >= 0.3 is 5.69 Å². The molecule has 3 heterocycles. The number of carbonyl (C=O) groups is 1. The van der Waals surface area contributed by atoms with Crippen LogP contribution in [0.5, 0.6) is 0 Å². The Labute approximate surface area is 162 Å². The number of carbonyl (C=O) groups excluding carboxylic acids is 1. The zero-order chi connectivity index (χ0) is 19.5. The molecule has 0 spiro atoms. The van der Waals surface area contributed by atoms with Gasteiger partial charge in [0.15, 0.2) is 5.69 Å². The van der Waals surface area contributed by atoms with Crippen molar-refractivity contribution >= 4 is 5.91 Å². The van der Waals surface area contributed by atoms with E-state index in [-0.39, 0.29) is 11.6 Å². The van der Waals surface area contributed by atoms with Gasteiger partial charge in [-0.05, 0) is 43.0 Å². The number of hydrogen-bond donors (Lipinski definition) is 0. The predicted molar refractivity (Wildman–Crippen MR) is 103 cm³/mol. The molecular formula is C20H22N6O2. The monoisotopic (exact) mass is 378 g/mol. The lowest BCUT2D eigenvalue weighted by Crippen LogP contribution is -2.39. The summed E-state index contributed by atoms with van der Waals surface area (Å²) in [7, 11) is 1.67. The second-order valence-corrected chi connectivity index (χ2v) is 7.04. The average molecular weight is 378 g/mol. The number of likely N-dealkylation sites (tertiary alicyclic amines) is 1. The topological polar surface area (TPSA) is 85.9 Å². The van der Waals surface area contributed by atoms with Crippen LogP contribution in [-0.2, 0) is 13.5 Å². The molecule has 0 saturated carbocycles. The lowest BCUT2D eigenvalue weighted by molar-refractivity contribution is 0.0682. The van der Waals surface area contributed by atoms with Crippen molar-refractivity contribution < 1.29 is 4.79 Å². The first-order chi connectivity index (χ1) is 13.6. The van der Waals surface area contributed by atoms with E-state index in [2.05, 4.69) is 15.3 Å². The summed E-state index contributed by atoms with van der Waals surface area (Å²) in [6, 6.07) is 13.0. The van der Waals surface area contributed by atoms with Gasteiger partial charge in [-0.2, -0.15) is 10.2 Å². The minimum Gasteiger partial charge on any atom is -0.337 e. The summed E-state index contributed by atoms with van der Waals surface area (Å²) in [5, 5.41) is 12.1. The molecule has 28 heavy (non-hydrogen) atoms. The molecule has 1 aromatic carbocycles. The molecule has 144 valence electrons. The van der Waals surface area contributed by atoms with Crippen LogP contribution in [0.1, 0.15) is 29.2 Å². The third kappa shape index (κ3) is 3.58. The van der Waals surface area contributed by atoms with E-state index in [0.29, 0.717) is 31.1 Å². The molecule has 0 N–H and O–H groups in total. The second kappa shape index (κ2) is 7.75.